The molecule has 0 radical (unpaired) electrons. The van der Waals surface area contributed by atoms with Gasteiger partial charge in [-0.3, -0.25) is 9.78 Å². The summed E-state index contributed by atoms with van der Waals surface area (Å²) < 4.78 is 25.7. The van der Waals surface area contributed by atoms with Gasteiger partial charge < -0.3 is 5.73 Å². The van der Waals surface area contributed by atoms with E-state index in [1.54, 1.807) is 25.1 Å². The Kier molecular flexibility index (Phi) is 2.94. The fourth-order valence-electron chi connectivity index (χ4n) is 2.28. The predicted molar refractivity (Wildman–Crippen MR) is 76.9 cm³/mol. The third-order valence-electron chi connectivity index (χ3n) is 3.28. The number of carbonyl (C=O) groups is 1. The fourth-order valence-corrected chi connectivity index (χ4v) is 3.86. The van der Waals surface area contributed by atoms with Gasteiger partial charge >= 0.3 is 0 Å². The molecule has 0 bridgehead atoms. The van der Waals surface area contributed by atoms with Gasteiger partial charge in [-0.1, -0.05) is 6.07 Å². The molecule has 1 amide bonds. The largest absolute Gasteiger partial charge is 0.399 e. The van der Waals surface area contributed by atoms with Crippen LogP contribution >= 0.6 is 0 Å². The van der Waals surface area contributed by atoms with Crippen molar-refractivity contribution in [2.45, 2.75) is 18.4 Å². The Morgan fingerprint density at radius 1 is 1.24 bits per heavy atom. The number of hydrogen-bond acceptors (Lipinski definition) is 5. The van der Waals surface area contributed by atoms with E-state index in [-0.39, 0.29) is 17.0 Å². The number of rotatable bonds is 2. The van der Waals surface area contributed by atoms with Gasteiger partial charge in [0.15, 0.2) is 0 Å². The number of nitrogen functional groups attached to an aromatic ring is 1. The van der Waals surface area contributed by atoms with Crippen molar-refractivity contribution >= 4 is 21.6 Å². The summed E-state index contributed by atoms with van der Waals surface area (Å²) in [5, 5.41) is 0. The number of aromatic nitrogens is 1. The minimum atomic E-state index is -3.87. The number of benzene rings is 1. The fraction of sp³-hybridized carbons (Fsp3) is 0.143. The van der Waals surface area contributed by atoms with Gasteiger partial charge in [-0.15, -0.1) is 0 Å². The summed E-state index contributed by atoms with van der Waals surface area (Å²) in [7, 11) is -3.87. The quantitative estimate of drug-likeness (QED) is 0.844. The lowest BCUT2D eigenvalue weighted by Crippen LogP contribution is -2.29. The summed E-state index contributed by atoms with van der Waals surface area (Å²) in [5.74, 6) is -0.548. The van der Waals surface area contributed by atoms with Crippen molar-refractivity contribution in [3.8, 4) is 0 Å². The molecule has 7 heteroatoms. The van der Waals surface area contributed by atoms with Gasteiger partial charge in [0.1, 0.15) is 4.90 Å². The number of nitrogens with two attached hydrogens (primary N) is 1. The Morgan fingerprint density at radius 2 is 2.00 bits per heavy atom. The molecular weight excluding hydrogens is 290 g/mol. The van der Waals surface area contributed by atoms with Crippen molar-refractivity contribution in [3.05, 3.63) is 53.3 Å². The number of fused-ring (bicyclic) bond motifs is 1. The third kappa shape index (κ3) is 2.15. The Balaban J connectivity index is 2.04. The van der Waals surface area contributed by atoms with Gasteiger partial charge in [-0.25, -0.2) is 12.7 Å². The van der Waals surface area contributed by atoms with Gasteiger partial charge in [-0.2, -0.15) is 0 Å². The Morgan fingerprint density at radius 3 is 2.71 bits per heavy atom. The van der Waals surface area contributed by atoms with Crippen molar-refractivity contribution in [1.82, 2.24) is 9.29 Å². The summed E-state index contributed by atoms with van der Waals surface area (Å²) in [4.78, 5) is 16.5. The monoisotopic (exact) mass is 303 g/mol. The topological polar surface area (TPSA) is 93.4 Å². The van der Waals surface area contributed by atoms with Crippen LogP contribution in [0.1, 0.15) is 21.7 Å². The first-order chi connectivity index (χ1) is 9.89. The molecule has 2 N–H and O–H groups in total. The first kappa shape index (κ1) is 13.6. The van der Waals surface area contributed by atoms with Crippen molar-refractivity contribution in [2.75, 3.05) is 5.73 Å². The first-order valence-electron chi connectivity index (χ1n) is 6.29. The van der Waals surface area contributed by atoms with Crippen molar-refractivity contribution < 1.29 is 13.2 Å². The van der Waals surface area contributed by atoms with Crippen LogP contribution in [-0.4, -0.2) is 23.6 Å². The second-order valence-electron chi connectivity index (χ2n) is 4.84. The molecule has 2 aromatic rings. The molecule has 0 fully saturated rings. The van der Waals surface area contributed by atoms with Crippen LogP contribution < -0.4 is 5.73 Å². The minimum absolute atomic E-state index is 0.0415. The molecule has 0 atom stereocenters. The Labute approximate surface area is 122 Å². The molecule has 3 rings (SSSR count). The van der Waals surface area contributed by atoms with Crippen LogP contribution in [0.4, 0.5) is 5.69 Å². The first-order valence-corrected chi connectivity index (χ1v) is 7.73. The molecule has 1 aliphatic heterocycles. The molecule has 2 heterocycles. The van der Waals surface area contributed by atoms with Crippen LogP contribution in [0.5, 0.6) is 0 Å². The van der Waals surface area contributed by atoms with E-state index in [0.29, 0.717) is 11.4 Å². The average Bonchev–Trinajstić information content (AvgIpc) is 2.60. The Hall–Kier alpha value is -2.41. The van der Waals surface area contributed by atoms with Crippen LogP contribution in [0.15, 0.2) is 41.3 Å². The number of amides is 1. The maximum atomic E-state index is 12.5. The standard InChI is InChI=1S/C14H13N3O3S/c1-9-3-2-4-11(16-9)8-17-14(18)12-6-5-10(15)7-13(12)21(17,19)20/h2-7H,8,15H2,1H3. The average molecular weight is 303 g/mol. The van der Waals surface area contributed by atoms with Gasteiger partial charge in [0.25, 0.3) is 15.9 Å². The number of nitrogens with zero attached hydrogens (tertiary/aromatic N) is 2. The molecule has 1 aliphatic rings. The van der Waals surface area contributed by atoms with Crippen LogP contribution in [0.25, 0.3) is 0 Å². The van der Waals surface area contributed by atoms with Crippen molar-refractivity contribution in [1.29, 1.82) is 0 Å². The summed E-state index contributed by atoms with van der Waals surface area (Å²) in [6, 6.07) is 9.53. The van der Waals surface area contributed by atoms with E-state index in [1.165, 1.54) is 18.2 Å². The van der Waals surface area contributed by atoms with Gasteiger partial charge in [0.05, 0.1) is 17.8 Å². The number of sulfonamides is 1. The molecule has 108 valence electrons. The molecule has 1 aromatic heterocycles. The van der Waals surface area contributed by atoms with Gasteiger partial charge in [-0.05, 0) is 37.3 Å². The summed E-state index contributed by atoms with van der Waals surface area (Å²) in [5.41, 5.74) is 7.35. The van der Waals surface area contributed by atoms with E-state index in [4.69, 9.17) is 5.73 Å². The molecule has 0 saturated carbocycles. The molecule has 0 saturated heterocycles. The van der Waals surface area contributed by atoms with E-state index in [0.717, 1.165) is 10.00 Å². The highest BCUT2D eigenvalue weighted by Gasteiger charge is 2.41. The number of hydrogen-bond donors (Lipinski definition) is 1. The molecule has 21 heavy (non-hydrogen) atoms. The predicted octanol–water partition coefficient (Wildman–Crippen LogP) is 1.32. The van der Waals surface area contributed by atoms with Crippen LogP contribution in [0.3, 0.4) is 0 Å². The van der Waals surface area contributed by atoms with E-state index in [1.807, 2.05) is 0 Å². The zero-order valence-corrected chi connectivity index (χ0v) is 12.1. The maximum Gasteiger partial charge on any atom is 0.269 e. The maximum absolute atomic E-state index is 12.5. The molecule has 6 nitrogen and oxygen atoms in total. The zero-order chi connectivity index (χ0) is 15.2. The Bertz CT molecular complexity index is 846. The molecule has 0 spiro atoms. The van der Waals surface area contributed by atoms with E-state index in [9.17, 15) is 13.2 Å². The lowest BCUT2D eigenvalue weighted by Gasteiger charge is -2.14. The lowest BCUT2D eigenvalue weighted by atomic mass is 10.2. The van der Waals surface area contributed by atoms with Crippen LogP contribution in [0, 0.1) is 6.92 Å². The number of carbonyl (C=O) groups excluding carboxylic acids is 1. The molecule has 0 unspecified atom stereocenters. The SMILES string of the molecule is Cc1cccc(CN2C(=O)c3ccc(N)cc3S2(=O)=O)n1. The van der Waals surface area contributed by atoms with E-state index >= 15 is 0 Å². The highest BCUT2D eigenvalue weighted by molar-refractivity contribution is 7.90. The van der Waals surface area contributed by atoms with Gasteiger partial charge in [0.2, 0.25) is 0 Å². The highest BCUT2D eigenvalue weighted by atomic mass is 32.2. The normalized spacial score (nSPS) is 16.0. The number of anilines is 1. The molecular formula is C14H13N3O3S. The number of aryl methyl sites for hydroxylation is 1. The summed E-state index contributed by atoms with van der Waals surface area (Å²) in [6.07, 6.45) is 0. The molecule has 0 aliphatic carbocycles. The highest BCUT2D eigenvalue weighted by Crippen LogP contribution is 2.32. The van der Waals surface area contributed by atoms with Crippen LogP contribution in [0.2, 0.25) is 0 Å². The number of pyridine rings is 1. The van der Waals surface area contributed by atoms with E-state index in [2.05, 4.69) is 4.98 Å². The van der Waals surface area contributed by atoms with Crippen molar-refractivity contribution in [3.63, 3.8) is 0 Å². The van der Waals surface area contributed by atoms with Crippen LogP contribution in [-0.2, 0) is 16.6 Å². The summed E-state index contributed by atoms with van der Waals surface area (Å²) in [6.45, 7) is 1.72. The van der Waals surface area contributed by atoms with E-state index < -0.39 is 15.9 Å². The zero-order valence-electron chi connectivity index (χ0n) is 11.3. The summed E-state index contributed by atoms with van der Waals surface area (Å²) >= 11 is 0. The minimum Gasteiger partial charge on any atom is -0.399 e. The second kappa shape index (κ2) is 4.56. The van der Waals surface area contributed by atoms with Gasteiger partial charge in [0, 0.05) is 11.4 Å². The third-order valence-corrected chi connectivity index (χ3v) is 5.05. The lowest BCUT2D eigenvalue weighted by molar-refractivity contribution is 0.0864. The van der Waals surface area contributed by atoms with Crippen molar-refractivity contribution in [2.24, 2.45) is 0 Å². The second-order valence-corrected chi connectivity index (χ2v) is 6.67. The molecule has 1 aromatic carbocycles. The smallest absolute Gasteiger partial charge is 0.269 e.